The first-order valence-corrected chi connectivity index (χ1v) is 6.87. The summed E-state index contributed by atoms with van der Waals surface area (Å²) in [6.07, 6.45) is 1.86. The summed E-state index contributed by atoms with van der Waals surface area (Å²) in [4.78, 5) is 14.2. The highest BCUT2D eigenvalue weighted by Gasteiger charge is 2.21. The summed E-state index contributed by atoms with van der Waals surface area (Å²) in [5, 5.41) is 23.0. The Hall–Kier alpha value is -1.05. The molecule has 0 saturated carbocycles. The molecule has 1 aromatic heterocycles. The van der Waals surface area contributed by atoms with Crippen LogP contribution in [0.25, 0.3) is 0 Å². The molecule has 2 unspecified atom stereocenters. The van der Waals surface area contributed by atoms with E-state index >= 15 is 0 Å². The second-order valence-corrected chi connectivity index (χ2v) is 5.11. The molecule has 0 aliphatic carbocycles. The minimum Gasteiger partial charge on any atom is -0.395 e. The van der Waals surface area contributed by atoms with Crippen LogP contribution in [0.15, 0.2) is 12.1 Å². The number of aliphatic hydroxyl groups is 1. The molecular formula is C10H14ClN3O3S. The highest BCUT2D eigenvalue weighted by molar-refractivity contribution is 7.99. The molecule has 100 valence electrons. The molecule has 8 heteroatoms. The van der Waals surface area contributed by atoms with E-state index in [9.17, 15) is 10.1 Å². The van der Waals surface area contributed by atoms with Crippen molar-refractivity contribution in [2.45, 2.75) is 18.2 Å². The predicted molar refractivity (Wildman–Crippen MR) is 73.4 cm³/mol. The molecule has 0 aliphatic heterocycles. The summed E-state index contributed by atoms with van der Waals surface area (Å²) in [6, 6.07) is 2.50. The molecular weight excluding hydrogens is 278 g/mol. The van der Waals surface area contributed by atoms with Crippen LogP contribution in [0.1, 0.15) is 6.92 Å². The largest absolute Gasteiger partial charge is 0.395 e. The standard InChI is InChI=1S/C10H14ClN3O3S/c1-6(8(5-15)18-2)12-10-7(14(16)17)3-4-9(11)13-10/h3-4,6,8,15H,5H2,1-2H3,(H,12,13). The van der Waals surface area contributed by atoms with Crippen molar-refractivity contribution >= 4 is 34.9 Å². The van der Waals surface area contributed by atoms with E-state index in [4.69, 9.17) is 16.7 Å². The van der Waals surface area contributed by atoms with Crippen molar-refractivity contribution in [3.8, 4) is 0 Å². The first kappa shape index (κ1) is 15.0. The molecule has 0 aromatic carbocycles. The Labute approximate surface area is 114 Å². The zero-order chi connectivity index (χ0) is 13.7. The van der Waals surface area contributed by atoms with Crippen molar-refractivity contribution in [2.24, 2.45) is 0 Å². The van der Waals surface area contributed by atoms with Crippen LogP contribution in [0, 0.1) is 10.1 Å². The van der Waals surface area contributed by atoms with Crippen LogP contribution in [-0.4, -0.2) is 39.2 Å². The molecule has 0 aliphatic rings. The third kappa shape index (κ3) is 3.72. The SMILES string of the molecule is CSC(CO)C(C)Nc1nc(Cl)ccc1[N+](=O)[O-]. The minimum atomic E-state index is -0.522. The lowest BCUT2D eigenvalue weighted by Crippen LogP contribution is -2.31. The molecule has 0 saturated heterocycles. The average Bonchev–Trinajstić information content (AvgIpc) is 2.30. The zero-order valence-corrected chi connectivity index (χ0v) is 11.5. The van der Waals surface area contributed by atoms with Crippen LogP contribution in [0.5, 0.6) is 0 Å². The van der Waals surface area contributed by atoms with Gasteiger partial charge in [0.05, 0.1) is 11.5 Å². The van der Waals surface area contributed by atoms with Gasteiger partial charge in [-0.2, -0.15) is 11.8 Å². The number of rotatable bonds is 6. The van der Waals surface area contributed by atoms with Gasteiger partial charge in [-0.3, -0.25) is 10.1 Å². The van der Waals surface area contributed by atoms with Gasteiger partial charge < -0.3 is 10.4 Å². The van der Waals surface area contributed by atoms with Crippen LogP contribution in [0.2, 0.25) is 5.15 Å². The van der Waals surface area contributed by atoms with Gasteiger partial charge in [0, 0.05) is 17.4 Å². The van der Waals surface area contributed by atoms with Crippen molar-refractivity contribution < 1.29 is 10.0 Å². The lowest BCUT2D eigenvalue weighted by molar-refractivity contribution is -0.384. The van der Waals surface area contributed by atoms with Crippen LogP contribution >= 0.6 is 23.4 Å². The molecule has 0 radical (unpaired) electrons. The molecule has 18 heavy (non-hydrogen) atoms. The number of aromatic nitrogens is 1. The van der Waals surface area contributed by atoms with Gasteiger partial charge >= 0.3 is 5.69 Å². The number of nitrogens with one attached hydrogen (secondary N) is 1. The van der Waals surface area contributed by atoms with E-state index < -0.39 is 4.92 Å². The Morgan fingerprint density at radius 1 is 1.67 bits per heavy atom. The van der Waals surface area contributed by atoms with Crippen LogP contribution < -0.4 is 5.32 Å². The molecule has 0 spiro atoms. The smallest absolute Gasteiger partial charge is 0.311 e. The number of nitro groups is 1. The Bertz CT molecular complexity index is 429. The number of halogens is 1. The third-order valence-corrected chi connectivity index (χ3v) is 3.81. The fourth-order valence-corrected chi connectivity index (χ4v) is 2.20. The zero-order valence-electron chi connectivity index (χ0n) is 9.96. The van der Waals surface area contributed by atoms with Gasteiger partial charge in [-0.1, -0.05) is 11.6 Å². The van der Waals surface area contributed by atoms with Gasteiger partial charge in [-0.25, -0.2) is 4.98 Å². The number of hydrogen-bond donors (Lipinski definition) is 2. The van der Waals surface area contributed by atoms with Gasteiger partial charge in [0.1, 0.15) is 5.15 Å². The van der Waals surface area contributed by atoms with E-state index in [0.29, 0.717) is 0 Å². The van der Waals surface area contributed by atoms with E-state index in [1.165, 1.54) is 23.9 Å². The summed E-state index contributed by atoms with van der Waals surface area (Å²) < 4.78 is 0. The van der Waals surface area contributed by atoms with Crippen LogP contribution in [-0.2, 0) is 0 Å². The first-order valence-electron chi connectivity index (χ1n) is 5.20. The fourth-order valence-electron chi connectivity index (χ4n) is 1.43. The van der Waals surface area contributed by atoms with E-state index in [-0.39, 0.29) is 34.6 Å². The topological polar surface area (TPSA) is 88.3 Å². The maximum atomic E-state index is 10.9. The molecule has 1 aromatic rings. The van der Waals surface area contributed by atoms with E-state index in [2.05, 4.69) is 10.3 Å². The Morgan fingerprint density at radius 2 is 2.33 bits per heavy atom. The molecule has 2 N–H and O–H groups in total. The molecule has 1 heterocycles. The van der Waals surface area contributed by atoms with E-state index in [1.807, 2.05) is 13.2 Å². The fraction of sp³-hybridized carbons (Fsp3) is 0.500. The molecule has 0 bridgehead atoms. The Morgan fingerprint density at radius 3 is 2.83 bits per heavy atom. The van der Waals surface area contributed by atoms with Crippen molar-refractivity contribution in [1.29, 1.82) is 0 Å². The number of anilines is 1. The first-order chi connectivity index (χ1) is 8.49. The minimum absolute atomic E-state index is 0.0241. The van der Waals surface area contributed by atoms with Gasteiger partial charge in [0.25, 0.3) is 0 Å². The monoisotopic (exact) mass is 291 g/mol. The molecule has 2 atom stereocenters. The highest BCUT2D eigenvalue weighted by Crippen LogP contribution is 2.26. The van der Waals surface area contributed by atoms with Crippen molar-refractivity contribution in [3.63, 3.8) is 0 Å². The van der Waals surface area contributed by atoms with Crippen molar-refractivity contribution in [1.82, 2.24) is 4.98 Å². The predicted octanol–water partition coefficient (Wildman–Crippen LogP) is 2.17. The summed E-state index contributed by atoms with van der Waals surface area (Å²) in [5.74, 6) is 0.118. The summed E-state index contributed by atoms with van der Waals surface area (Å²) in [7, 11) is 0. The van der Waals surface area contributed by atoms with Gasteiger partial charge in [-0.15, -0.1) is 0 Å². The lowest BCUT2D eigenvalue weighted by atomic mass is 10.2. The Kier molecular flexibility index (Phi) is 5.64. The van der Waals surface area contributed by atoms with Crippen LogP contribution in [0.3, 0.4) is 0 Å². The summed E-state index contributed by atoms with van der Waals surface area (Å²) in [5.41, 5.74) is -0.135. The summed E-state index contributed by atoms with van der Waals surface area (Å²) in [6.45, 7) is 1.80. The number of aliphatic hydroxyl groups excluding tert-OH is 1. The maximum Gasteiger partial charge on any atom is 0.311 e. The van der Waals surface area contributed by atoms with E-state index in [1.54, 1.807) is 0 Å². The van der Waals surface area contributed by atoms with Crippen molar-refractivity contribution in [2.75, 3.05) is 18.2 Å². The van der Waals surface area contributed by atoms with Gasteiger partial charge in [-0.05, 0) is 19.2 Å². The third-order valence-electron chi connectivity index (χ3n) is 2.44. The number of nitrogens with zero attached hydrogens (tertiary/aromatic N) is 2. The second-order valence-electron chi connectivity index (χ2n) is 3.65. The second kappa shape index (κ2) is 6.77. The van der Waals surface area contributed by atoms with Crippen LogP contribution in [0.4, 0.5) is 11.5 Å². The number of thioether (sulfide) groups is 1. The quantitative estimate of drug-likeness (QED) is 0.474. The Balaban J connectivity index is 2.95. The number of pyridine rings is 1. The normalized spacial score (nSPS) is 14.0. The summed E-state index contributed by atoms with van der Waals surface area (Å²) >= 11 is 7.20. The average molecular weight is 292 g/mol. The molecule has 0 fully saturated rings. The lowest BCUT2D eigenvalue weighted by Gasteiger charge is -2.21. The number of hydrogen-bond acceptors (Lipinski definition) is 6. The van der Waals surface area contributed by atoms with E-state index in [0.717, 1.165) is 0 Å². The van der Waals surface area contributed by atoms with Gasteiger partial charge in [0.2, 0.25) is 5.82 Å². The molecule has 0 amide bonds. The highest BCUT2D eigenvalue weighted by atomic mass is 35.5. The van der Waals surface area contributed by atoms with Gasteiger partial charge in [0.15, 0.2) is 0 Å². The molecule has 6 nitrogen and oxygen atoms in total. The van der Waals surface area contributed by atoms with Crippen molar-refractivity contribution in [3.05, 3.63) is 27.4 Å². The molecule has 1 rings (SSSR count). The maximum absolute atomic E-state index is 10.9.